The monoisotopic (exact) mass is 319 g/mol. The lowest BCUT2D eigenvalue weighted by molar-refractivity contribution is 1.13. The standard InChI is InChI=1S/C19H14ClN3/c1-13-2-4-15(5-3-13)18-19-21-10-11-23(19)12-17(22-18)14-6-8-16(20)9-7-14/h2-12H,1H3. The van der Waals surface area contributed by atoms with Gasteiger partial charge in [-0.05, 0) is 19.1 Å². The molecule has 0 saturated carbocycles. The quantitative estimate of drug-likeness (QED) is 0.519. The molecule has 4 heteroatoms. The van der Waals surface area contributed by atoms with Crippen molar-refractivity contribution in [2.24, 2.45) is 0 Å². The summed E-state index contributed by atoms with van der Waals surface area (Å²) < 4.78 is 2.01. The number of nitrogens with zero attached hydrogens (tertiary/aromatic N) is 3. The molecule has 0 amide bonds. The Balaban J connectivity index is 1.94. The summed E-state index contributed by atoms with van der Waals surface area (Å²) >= 11 is 5.98. The van der Waals surface area contributed by atoms with E-state index in [0.29, 0.717) is 0 Å². The fourth-order valence-electron chi connectivity index (χ4n) is 2.60. The minimum atomic E-state index is 0.719. The Morgan fingerprint density at radius 1 is 0.913 bits per heavy atom. The highest BCUT2D eigenvalue weighted by atomic mass is 35.5. The summed E-state index contributed by atoms with van der Waals surface area (Å²) in [5.41, 5.74) is 5.93. The van der Waals surface area contributed by atoms with Crippen LogP contribution in [0.15, 0.2) is 67.1 Å². The van der Waals surface area contributed by atoms with Crippen LogP contribution in [0.1, 0.15) is 5.56 Å². The number of aryl methyl sites for hydroxylation is 1. The second kappa shape index (κ2) is 5.52. The smallest absolute Gasteiger partial charge is 0.163 e. The van der Waals surface area contributed by atoms with Crippen molar-refractivity contribution >= 4 is 17.2 Å². The number of hydrogen-bond donors (Lipinski definition) is 0. The Bertz CT molecular complexity index is 970. The van der Waals surface area contributed by atoms with Crippen LogP contribution >= 0.6 is 11.6 Å². The molecule has 0 N–H and O–H groups in total. The first-order chi connectivity index (χ1) is 11.2. The van der Waals surface area contributed by atoms with E-state index in [4.69, 9.17) is 16.6 Å². The van der Waals surface area contributed by atoms with Crippen LogP contribution in [0.5, 0.6) is 0 Å². The summed E-state index contributed by atoms with van der Waals surface area (Å²) in [7, 11) is 0. The molecule has 4 rings (SSSR count). The summed E-state index contributed by atoms with van der Waals surface area (Å²) in [6.45, 7) is 2.08. The van der Waals surface area contributed by atoms with Gasteiger partial charge in [-0.2, -0.15) is 0 Å². The number of rotatable bonds is 2. The molecule has 3 nitrogen and oxygen atoms in total. The molecule has 0 saturated heterocycles. The lowest BCUT2D eigenvalue weighted by atomic mass is 10.1. The zero-order valence-corrected chi connectivity index (χ0v) is 13.3. The maximum atomic E-state index is 5.98. The minimum Gasteiger partial charge on any atom is -0.303 e. The normalized spacial score (nSPS) is 11.0. The highest BCUT2D eigenvalue weighted by Crippen LogP contribution is 2.27. The average Bonchev–Trinajstić information content (AvgIpc) is 3.04. The molecule has 0 aliphatic heterocycles. The largest absolute Gasteiger partial charge is 0.303 e. The van der Waals surface area contributed by atoms with Gasteiger partial charge in [-0.1, -0.05) is 53.6 Å². The molecule has 0 radical (unpaired) electrons. The summed E-state index contributed by atoms with van der Waals surface area (Å²) in [6.07, 6.45) is 5.72. The number of benzene rings is 2. The van der Waals surface area contributed by atoms with Crippen molar-refractivity contribution in [1.29, 1.82) is 0 Å². The van der Waals surface area contributed by atoms with Gasteiger partial charge in [0.25, 0.3) is 0 Å². The van der Waals surface area contributed by atoms with E-state index < -0.39 is 0 Å². The summed E-state index contributed by atoms with van der Waals surface area (Å²) in [5.74, 6) is 0. The third kappa shape index (κ3) is 2.60. The van der Waals surface area contributed by atoms with Crippen LogP contribution in [0, 0.1) is 6.92 Å². The van der Waals surface area contributed by atoms with Crippen LogP contribution in [-0.2, 0) is 0 Å². The molecule has 0 atom stereocenters. The molecule has 0 fully saturated rings. The molecular formula is C19H14ClN3. The molecule has 0 unspecified atom stereocenters. The molecule has 23 heavy (non-hydrogen) atoms. The van der Waals surface area contributed by atoms with Gasteiger partial charge in [0, 0.05) is 34.7 Å². The molecule has 2 aromatic carbocycles. The zero-order valence-electron chi connectivity index (χ0n) is 12.6. The lowest BCUT2D eigenvalue weighted by Gasteiger charge is -2.08. The second-order valence-corrected chi connectivity index (χ2v) is 5.94. The first-order valence-electron chi connectivity index (χ1n) is 7.37. The predicted molar refractivity (Wildman–Crippen MR) is 93.6 cm³/mol. The molecule has 2 heterocycles. The van der Waals surface area contributed by atoms with Gasteiger partial charge < -0.3 is 4.40 Å². The summed E-state index contributed by atoms with van der Waals surface area (Å²) in [5, 5.41) is 0.719. The van der Waals surface area contributed by atoms with E-state index in [2.05, 4.69) is 36.2 Å². The molecule has 0 aliphatic carbocycles. The summed E-state index contributed by atoms with van der Waals surface area (Å²) in [6, 6.07) is 16.1. The van der Waals surface area contributed by atoms with E-state index in [9.17, 15) is 0 Å². The number of hydrogen-bond acceptors (Lipinski definition) is 2. The Labute approximate surface area is 139 Å². The van der Waals surface area contributed by atoms with Crippen LogP contribution in [-0.4, -0.2) is 14.4 Å². The highest BCUT2D eigenvalue weighted by molar-refractivity contribution is 6.30. The number of imidazole rings is 1. The third-order valence-corrected chi connectivity index (χ3v) is 4.09. The van der Waals surface area contributed by atoms with E-state index in [1.165, 1.54) is 5.56 Å². The minimum absolute atomic E-state index is 0.719. The maximum Gasteiger partial charge on any atom is 0.163 e. The first kappa shape index (κ1) is 14.0. The van der Waals surface area contributed by atoms with Crippen LogP contribution in [0.4, 0.5) is 0 Å². The molecule has 0 bridgehead atoms. The van der Waals surface area contributed by atoms with Crippen LogP contribution in [0.3, 0.4) is 0 Å². The van der Waals surface area contributed by atoms with Gasteiger partial charge in [-0.3, -0.25) is 0 Å². The van der Waals surface area contributed by atoms with E-state index in [-0.39, 0.29) is 0 Å². The van der Waals surface area contributed by atoms with Crippen molar-refractivity contribution in [1.82, 2.24) is 14.4 Å². The van der Waals surface area contributed by atoms with Crippen LogP contribution in [0.2, 0.25) is 5.02 Å². The van der Waals surface area contributed by atoms with Crippen LogP contribution < -0.4 is 0 Å². The van der Waals surface area contributed by atoms with E-state index in [1.54, 1.807) is 6.20 Å². The Kier molecular flexibility index (Phi) is 3.36. The van der Waals surface area contributed by atoms with Crippen molar-refractivity contribution in [3.8, 4) is 22.5 Å². The van der Waals surface area contributed by atoms with E-state index >= 15 is 0 Å². The maximum absolute atomic E-state index is 5.98. The van der Waals surface area contributed by atoms with Gasteiger partial charge >= 0.3 is 0 Å². The Hall–Kier alpha value is -2.65. The van der Waals surface area contributed by atoms with Gasteiger partial charge in [0.15, 0.2) is 5.65 Å². The van der Waals surface area contributed by atoms with Crippen molar-refractivity contribution in [3.05, 3.63) is 77.7 Å². The molecule has 0 spiro atoms. The van der Waals surface area contributed by atoms with E-state index in [1.807, 2.05) is 41.1 Å². The van der Waals surface area contributed by atoms with Crippen molar-refractivity contribution in [2.45, 2.75) is 6.92 Å². The average molecular weight is 320 g/mol. The lowest BCUT2D eigenvalue weighted by Crippen LogP contribution is -1.96. The summed E-state index contributed by atoms with van der Waals surface area (Å²) in [4.78, 5) is 9.29. The fourth-order valence-corrected chi connectivity index (χ4v) is 2.72. The number of fused-ring (bicyclic) bond motifs is 1. The van der Waals surface area contributed by atoms with Gasteiger partial charge in [-0.25, -0.2) is 9.97 Å². The van der Waals surface area contributed by atoms with Crippen LogP contribution in [0.25, 0.3) is 28.2 Å². The van der Waals surface area contributed by atoms with Gasteiger partial charge in [0.05, 0.1) is 5.69 Å². The van der Waals surface area contributed by atoms with E-state index in [0.717, 1.165) is 33.2 Å². The van der Waals surface area contributed by atoms with Crippen molar-refractivity contribution in [2.75, 3.05) is 0 Å². The second-order valence-electron chi connectivity index (χ2n) is 5.51. The SMILES string of the molecule is Cc1ccc(-c2nc(-c3ccc(Cl)cc3)cn3ccnc23)cc1. The first-order valence-corrected chi connectivity index (χ1v) is 7.75. The Morgan fingerprint density at radius 2 is 1.61 bits per heavy atom. The van der Waals surface area contributed by atoms with Gasteiger partial charge in [0.1, 0.15) is 5.69 Å². The molecule has 4 aromatic rings. The number of halogens is 1. The third-order valence-electron chi connectivity index (χ3n) is 3.84. The molecular weight excluding hydrogens is 306 g/mol. The molecule has 0 aliphatic rings. The van der Waals surface area contributed by atoms with Crippen molar-refractivity contribution in [3.63, 3.8) is 0 Å². The predicted octanol–water partition coefficient (Wildman–Crippen LogP) is 5.03. The fraction of sp³-hybridized carbons (Fsp3) is 0.0526. The number of aromatic nitrogens is 3. The zero-order chi connectivity index (χ0) is 15.8. The molecule has 112 valence electrons. The topological polar surface area (TPSA) is 30.2 Å². The Morgan fingerprint density at radius 3 is 2.35 bits per heavy atom. The van der Waals surface area contributed by atoms with Gasteiger partial charge in [0.2, 0.25) is 0 Å². The van der Waals surface area contributed by atoms with Crippen molar-refractivity contribution < 1.29 is 0 Å². The molecule has 2 aromatic heterocycles. The van der Waals surface area contributed by atoms with Gasteiger partial charge in [-0.15, -0.1) is 0 Å². The highest BCUT2D eigenvalue weighted by Gasteiger charge is 2.11.